The van der Waals surface area contributed by atoms with Gasteiger partial charge < -0.3 is 4.74 Å². The smallest absolute Gasteiger partial charge is 0.310 e. The first kappa shape index (κ1) is 10.5. The maximum atomic E-state index is 11.2. The highest BCUT2D eigenvalue weighted by atomic mass is 16.5. The average molecular weight is 185 g/mol. The molecule has 3 heteroatoms. The summed E-state index contributed by atoms with van der Waals surface area (Å²) in [7, 11) is 1.47. The maximum Gasteiger partial charge on any atom is 0.310 e. The van der Waals surface area contributed by atoms with Crippen molar-refractivity contribution >= 4 is 5.97 Å². The van der Waals surface area contributed by atoms with Gasteiger partial charge in [0.2, 0.25) is 0 Å². The quantitative estimate of drug-likeness (QED) is 0.620. The molecule has 0 spiro atoms. The van der Waals surface area contributed by atoms with E-state index in [9.17, 15) is 4.79 Å². The number of ether oxygens (including phenoxy) is 1. The van der Waals surface area contributed by atoms with Crippen LogP contribution in [0.25, 0.3) is 0 Å². The second kappa shape index (κ2) is 4.61. The standard InChI is InChI=1S/C10H19NO2/c1-4-8(2)11-6-5-9(7-11)10(12)13-3/h8-9H,4-7H2,1-3H3/t8?,9-/m0/s1. The van der Waals surface area contributed by atoms with Crippen LogP contribution in [0.2, 0.25) is 0 Å². The van der Waals surface area contributed by atoms with Gasteiger partial charge in [0.15, 0.2) is 0 Å². The third-order valence-corrected chi connectivity index (χ3v) is 2.97. The van der Waals surface area contributed by atoms with Crippen LogP contribution in [0.4, 0.5) is 0 Å². The van der Waals surface area contributed by atoms with Crippen molar-refractivity contribution in [1.29, 1.82) is 0 Å². The molecule has 0 aromatic rings. The van der Waals surface area contributed by atoms with Gasteiger partial charge in [-0.25, -0.2) is 0 Å². The molecule has 3 nitrogen and oxygen atoms in total. The van der Waals surface area contributed by atoms with E-state index in [1.165, 1.54) is 7.11 Å². The molecule has 2 atom stereocenters. The molecule has 1 saturated heterocycles. The van der Waals surface area contributed by atoms with Crippen molar-refractivity contribution in [3.05, 3.63) is 0 Å². The van der Waals surface area contributed by atoms with Gasteiger partial charge in [0.25, 0.3) is 0 Å². The number of rotatable bonds is 3. The first-order chi connectivity index (χ1) is 6.19. The Hall–Kier alpha value is -0.570. The van der Waals surface area contributed by atoms with Crippen LogP contribution in [0, 0.1) is 5.92 Å². The first-order valence-electron chi connectivity index (χ1n) is 5.01. The molecule has 13 heavy (non-hydrogen) atoms. The zero-order valence-electron chi connectivity index (χ0n) is 8.75. The van der Waals surface area contributed by atoms with Crippen LogP contribution in [0.3, 0.4) is 0 Å². The minimum absolute atomic E-state index is 0.0502. The van der Waals surface area contributed by atoms with Crippen LogP contribution in [0.15, 0.2) is 0 Å². The molecule has 0 saturated carbocycles. The van der Waals surface area contributed by atoms with Crippen molar-refractivity contribution in [2.24, 2.45) is 5.92 Å². The van der Waals surface area contributed by atoms with Gasteiger partial charge in [-0.15, -0.1) is 0 Å². The molecule has 1 rings (SSSR count). The van der Waals surface area contributed by atoms with Gasteiger partial charge in [0, 0.05) is 12.6 Å². The van der Waals surface area contributed by atoms with Crippen molar-refractivity contribution in [3.63, 3.8) is 0 Å². The zero-order valence-corrected chi connectivity index (χ0v) is 8.75. The van der Waals surface area contributed by atoms with Gasteiger partial charge in [-0.1, -0.05) is 6.92 Å². The maximum absolute atomic E-state index is 11.2. The Morgan fingerprint density at radius 1 is 1.69 bits per heavy atom. The molecule has 0 aromatic heterocycles. The van der Waals surface area contributed by atoms with Gasteiger partial charge in [0.1, 0.15) is 0 Å². The van der Waals surface area contributed by atoms with Crippen LogP contribution in [-0.2, 0) is 9.53 Å². The second-order valence-electron chi connectivity index (χ2n) is 3.76. The van der Waals surface area contributed by atoms with E-state index in [0.29, 0.717) is 6.04 Å². The number of hydrogen-bond donors (Lipinski definition) is 0. The fourth-order valence-corrected chi connectivity index (χ4v) is 1.80. The number of hydrogen-bond acceptors (Lipinski definition) is 3. The molecule has 1 heterocycles. The highest BCUT2D eigenvalue weighted by Gasteiger charge is 2.30. The zero-order chi connectivity index (χ0) is 9.84. The summed E-state index contributed by atoms with van der Waals surface area (Å²) >= 11 is 0. The predicted octanol–water partition coefficient (Wildman–Crippen LogP) is 1.28. The first-order valence-corrected chi connectivity index (χ1v) is 5.01. The summed E-state index contributed by atoms with van der Waals surface area (Å²) in [5.41, 5.74) is 0. The van der Waals surface area contributed by atoms with E-state index in [1.807, 2.05) is 0 Å². The molecular weight excluding hydrogens is 166 g/mol. The summed E-state index contributed by atoms with van der Waals surface area (Å²) in [6.07, 6.45) is 2.10. The highest BCUT2D eigenvalue weighted by Crippen LogP contribution is 2.20. The molecule has 0 bridgehead atoms. The van der Waals surface area contributed by atoms with E-state index < -0.39 is 0 Å². The monoisotopic (exact) mass is 185 g/mol. The van der Waals surface area contributed by atoms with E-state index in [1.54, 1.807) is 0 Å². The molecule has 0 radical (unpaired) electrons. The Kier molecular flexibility index (Phi) is 3.72. The molecule has 76 valence electrons. The van der Waals surface area contributed by atoms with Crippen LogP contribution >= 0.6 is 0 Å². The summed E-state index contributed by atoms with van der Waals surface area (Å²) in [5.74, 6) is 0.0600. The largest absolute Gasteiger partial charge is 0.469 e. The molecule has 0 aromatic carbocycles. The number of esters is 1. The van der Waals surface area contributed by atoms with Gasteiger partial charge in [-0.2, -0.15) is 0 Å². The molecule has 0 amide bonds. The van der Waals surface area contributed by atoms with Gasteiger partial charge in [-0.05, 0) is 26.3 Å². The minimum atomic E-state index is -0.0502. The van der Waals surface area contributed by atoms with Crippen LogP contribution in [0.1, 0.15) is 26.7 Å². The van der Waals surface area contributed by atoms with Crippen LogP contribution in [0.5, 0.6) is 0 Å². The van der Waals surface area contributed by atoms with Gasteiger partial charge in [0.05, 0.1) is 13.0 Å². The lowest BCUT2D eigenvalue weighted by Crippen LogP contribution is -2.31. The third kappa shape index (κ3) is 2.44. The van der Waals surface area contributed by atoms with Crippen molar-refractivity contribution in [2.75, 3.05) is 20.2 Å². The molecule has 1 aliphatic heterocycles. The van der Waals surface area contributed by atoms with E-state index >= 15 is 0 Å². The summed E-state index contributed by atoms with van der Waals surface area (Å²) < 4.78 is 4.73. The summed E-state index contributed by atoms with van der Waals surface area (Å²) in [6, 6.07) is 0.592. The van der Waals surface area contributed by atoms with Gasteiger partial charge >= 0.3 is 5.97 Å². The number of nitrogens with zero attached hydrogens (tertiary/aromatic N) is 1. The Morgan fingerprint density at radius 2 is 2.38 bits per heavy atom. The second-order valence-corrected chi connectivity index (χ2v) is 3.76. The lowest BCUT2D eigenvalue weighted by Gasteiger charge is -2.22. The SMILES string of the molecule is CCC(C)N1CC[C@H](C(=O)OC)C1. The number of methoxy groups -OCH3 is 1. The molecule has 1 unspecified atom stereocenters. The van der Waals surface area contributed by atoms with Crippen molar-refractivity contribution < 1.29 is 9.53 Å². The van der Waals surface area contributed by atoms with Crippen LogP contribution in [-0.4, -0.2) is 37.1 Å². The Morgan fingerprint density at radius 3 is 2.92 bits per heavy atom. The number of carbonyl (C=O) groups is 1. The molecule has 0 aliphatic carbocycles. The lowest BCUT2D eigenvalue weighted by atomic mass is 10.1. The van der Waals surface area contributed by atoms with Crippen molar-refractivity contribution in [1.82, 2.24) is 4.90 Å². The highest BCUT2D eigenvalue weighted by molar-refractivity contribution is 5.72. The average Bonchev–Trinajstić information content (AvgIpc) is 2.64. The third-order valence-electron chi connectivity index (χ3n) is 2.97. The van der Waals surface area contributed by atoms with Crippen molar-refractivity contribution in [2.45, 2.75) is 32.7 Å². The Labute approximate surface area is 80.1 Å². The summed E-state index contributed by atoms with van der Waals surface area (Å²) in [5, 5.41) is 0. The van der Waals surface area contributed by atoms with E-state index in [-0.39, 0.29) is 11.9 Å². The topological polar surface area (TPSA) is 29.5 Å². The molecular formula is C10H19NO2. The lowest BCUT2D eigenvalue weighted by molar-refractivity contribution is -0.145. The fraction of sp³-hybridized carbons (Fsp3) is 0.900. The fourth-order valence-electron chi connectivity index (χ4n) is 1.80. The summed E-state index contributed by atoms with van der Waals surface area (Å²) in [6.45, 7) is 6.30. The predicted molar refractivity (Wildman–Crippen MR) is 51.4 cm³/mol. The van der Waals surface area contributed by atoms with E-state index in [0.717, 1.165) is 25.9 Å². The summed E-state index contributed by atoms with van der Waals surface area (Å²) in [4.78, 5) is 13.6. The van der Waals surface area contributed by atoms with Crippen LogP contribution < -0.4 is 0 Å². The van der Waals surface area contributed by atoms with E-state index in [4.69, 9.17) is 4.74 Å². The number of likely N-dealkylation sites (tertiary alicyclic amines) is 1. The van der Waals surface area contributed by atoms with E-state index in [2.05, 4.69) is 18.7 Å². The number of carbonyl (C=O) groups excluding carboxylic acids is 1. The molecule has 1 fully saturated rings. The Balaban J connectivity index is 2.40. The molecule has 1 aliphatic rings. The normalized spacial score (nSPS) is 25.9. The molecule has 0 N–H and O–H groups in total. The minimum Gasteiger partial charge on any atom is -0.469 e. The van der Waals surface area contributed by atoms with Crippen molar-refractivity contribution in [3.8, 4) is 0 Å². The Bertz CT molecular complexity index is 182. The van der Waals surface area contributed by atoms with Gasteiger partial charge in [-0.3, -0.25) is 9.69 Å².